The molecule has 0 aromatic heterocycles. The van der Waals surface area contributed by atoms with Crippen LogP contribution in [0.5, 0.6) is 0 Å². The number of anilines is 3. The normalized spacial score (nSPS) is 17.8. The number of benzene rings is 2. The molecule has 2 amide bonds. The number of nitrogens with one attached hydrogen (secondary N) is 2. The first-order valence-corrected chi connectivity index (χ1v) is 12.1. The summed E-state index contributed by atoms with van der Waals surface area (Å²) in [5.74, 6) is -0.286. The Labute approximate surface area is 188 Å². The van der Waals surface area contributed by atoms with E-state index in [1.165, 1.54) is 19.1 Å². The molecule has 1 unspecified atom stereocenters. The van der Waals surface area contributed by atoms with Crippen LogP contribution in [-0.4, -0.2) is 39.5 Å². The molecular formula is C23H27N3O5S. The van der Waals surface area contributed by atoms with Crippen LogP contribution in [0.3, 0.4) is 0 Å². The minimum absolute atomic E-state index is 0.0685. The highest BCUT2D eigenvalue weighted by Crippen LogP contribution is 2.34. The Morgan fingerprint density at radius 3 is 2.47 bits per heavy atom. The molecule has 2 aliphatic rings. The van der Waals surface area contributed by atoms with Gasteiger partial charge in [-0.1, -0.05) is 6.07 Å². The molecule has 2 heterocycles. The van der Waals surface area contributed by atoms with Crippen LogP contribution < -0.4 is 14.9 Å². The third-order valence-corrected chi connectivity index (χ3v) is 7.18. The minimum Gasteiger partial charge on any atom is -0.368 e. The highest BCUT2D eigenvalue weighted by Gasteiger charge is 2.33. The topological polar surface area (TPSA) is 105 Å². The molecule has 1 fully saturated rings. The molecule has 0 spiro atoms. The zero-order chi connectivity index (χ0) is 23.0. The molecule has 8 nitrogen and oxygen atoms in total. The monoisotopic (exact) mass is 457 g/mol. The maximum atomic E-state index is 13.1. The number of amides is 2. The van der Waals surface area contributed by atoms with E-state index in [0.717, 1.165) is 24.1 Å². The van der Waals surface area contributed by atoms with Crippen LogP contribution in [-0.2, 0) is 30.8 Å². The van der Waals surface area contributed by atoms with E-state index in [4.69, 9.17) is 4.74 Å². The SMILES string of the molecule is CC(=O)Nc1c(C)cc(S(=O)(=O)Nc2ccc3c(c2)N(C(=O)C2CCCO2)CC3)cc1C. The lowest BCUT2D eigenvalue weighted by Crippen LogP contribution is -2.37. The zero-order valence-corrected chi connectivity index (χ0v) is 19.2. The van der Waals surface area contributed by atoms with Crippen LogP contribution in [0.4, 0.5) is 17.1 Å². The summed E-state index contributed by atoms with van der Waals surface area (Å²) in [4.78, 5) is 26.1. The number of carbonyl (C=O) groups is 2. The van der Waals surface area contributed by atoms with Gasteiger partial charge in [-0.3, -0.25) is 14.3 Å². The van der Waals surface area contributed by atoms with E-state index in [-0.39, 0.29) is 16.7 Å². The van der Waals surface area contributed by atoms with Gasteiger partial charge < -0.3 is 15.0 Å². The number of nitrogens with zero attached hydrogens (tertiary/aromatic N) is 1. The summed E-state index contributed by atoms with van der Waals surface area (Å²) in [7, 11) is -3.87. The second kappa shape index (κ2) is 8.55. The first kappa shape index (κ1) is 22.3. The Bertz CT molecular complexity index is 1160. The number of aryl methyl sites for hydroxylation is 2. The highest BCUT2D eigenvalue weighted by molar-refractivity contribution is 7.92. The first-order valence-electron chi connectivity index (χ1n) is 10.6. The molecule has 0 saturated carbocycles. The van der Waals surface area contributed by atoms with Gasteiger partial charge in [0.15, 0.2) is 0 Å². The van der Waals surface area contributed by atoms with E-state index in [1.54, 1.807) is 30.9 Å². The van der Waals surface area contributed by atoms with Gasteiger partial charge >= 0.3 is 0 Å². The maximum Gasteiger partial charge on any atom is 0.261 e. The van der Waals surface area contributed by atoms with Crippen molar-refractivity contribution in [3.05, 3.63) is 47.0 Å². The van der Waals surface area contributed by atoms with Crippen LogP contribution >= 0.6 is 0 Å². The summed E-state index contributed by atoms with van der Waals surface area (Å²) in [6, 6.07) is 8.33. The quantitative estimate of drug-likeness (QED) is 0.718. The summed E-state index contributed by atoms with van der Waals surface area (Å²) in [5, 5.41) is 2.73. The number of fused-ring (bicyclic) bond motifs is 1. The van der Waals surface area contributed by atoms with Gasteiger partial charge in [-0.25, -0.2) is 8.42 Å². The predicted octanol–water partition coefficient (Wildman–Crippen LogP) is 3.13. The van der Waals surface area contributed by atoms with Gasteiger partial charge in [0.2, 0.25) is 5.91 Å². The zero-order valence-electron chi connectivity index (χ0n) is 18.4. The molecule has 2 aliphatic heterocycles. The number of sulfonamides is 1. The Hall–Kier alpha value is -2.91. The molecular weight excluding hydrogens is 430 g/mol. The molecule has 1 saturated heterocycles. The largest absolute Gasteiger partial charge is 0.368 e. The van der Waals surface area contributed by atoms with Gasteiger partial charge in [-0.15, -0.1) is 0 Å². The standard InChI is InChI=1S/C23H27N3O5S/c1-14-11-19(12-15(2)22(14)24-16(3)27)32(29,30)25-18-7-6-17-8-9-26(20(17)13-18)23(28)21-5-4-10-31-21/h6-7,11-13,21,25H,4-5,8-10H2,1-3H3,(H,24,27). The second-order valence-electron chi connectivity index (χ2n) is 8.30. The second-order valence-corrected chi connectivity index (χ2v) is 9.99. The predicted molar refractivity (Wildman–Crippen MR) is 123 cm³/mol. The molecule has 2 aromatic rings. The molecule has 0 bridgehead atoms. The number of ether oxygens (including phenoxy) is 1. The van der Waals surface area contributed by atoms with E-state index in [0.29, 0.717) is 42.1 Å². The molecule has 9 heteroatoms. The Morgan fingerprint density at radius 1 is 1.12 bits per heavy atom. The van der Waals surface area contributed by atoms with Gasteiger partial charge in [0, 0.05) is 31.5 Å². The average Bonchev–Trinajstić information content (AvgIpc) is 3.39. The average molecular weight is 458 g/mol. The molecule has 1 atom stereocenters. The lowest BCUT2D eigenvalue weighted by Gasteiger charge is -2.21. The summed E-state index contributed by atoms with van der Waals surface area (Å²) >= 11 is 0. The Kier molecular flexibility index (Phi) is 5.96. The Balaban J connectivity index is 1.59. The Morgan fingerprint density at radius 2 is 1.84 bits per heavy atom. The first-order chi connectivity index (χ1) is 15.2. The highest BCUT2D eigenvalue weighted by atomic mass is 32.2. The fourth-order valence-electron chi connectivity index (χ4n) is 4.28. The van der Waals surface area contributed by atoms with Crippen molar-refractivity contribution in [3.8, 4) is 0 Å². The van der Waals surface area contributed by atoms with E-state index in [2.05, 4.69) is 10.0 Å². The van der Waals surface area contributed by atoms with E-state index < -0.39 is 16.1 Å². The van der Waals surface area contributed by atoms with Crippen LogP contribution in [0.2, 0.25) is 0 Å². The summed E-state index contributed by atoms with van der Waals surface area (Å²) in [5.41, 5.74) is 4.03. The van der Waals surface area contributed by atoms with Gasteiger partial charge in [0.25, 0.3) is 15.9 Å². The van der Waals surface area contributed by atoms with Gasteiger partial charge in [0.05, 0.1) is 10.6 Å². The van der Waals surface area contributed by atoms with Crippen molar-refractivity contribution < 1.29 is 22.7 Å². The van der Waals surface area contributed by atoms with Crippen molar-refractivity contribution in [2.75, 3.05) is 28.1 Å². The van der Waals surface area contributed by atoms with Crippen LogP contribution in [0.15, 0.2) is 35.2 Å². The number of rotatable bonds is 5. The van der Waals surface area contributed by atoms with Gasteiger partial charge in [-0.05, 0) is 74.1 Å². The summed E-state index contributed by atoms with van der Waals surface area (Å²) < 4.78 is 34.3. The number of hydrogen-bond acceptors (Lipinski definition) is 5. The van der Waals surface area contributed by atoms with Crippen molar-refractivity contribution in [1.82, 2.24) is 0 Å². The van der Waals surface area contributed by atoms with Crippen LogP contribution in [0.25, 0.3) is 0 Å². The van der Waals surface area contributed by atoms with Gasteiger partial charge in [-0.2, -0.15) is 0 Å². The molecule has 2 N–H and O–H groups in total. The molecule has 2 aromatic carbocycles. The van der Waals surface area contributed by atoms with Crippen molar-refractivity contribution in [1.29, 1.82) is 0 Å². The van der Waals surface area contributed by atoms with Crippen LogP contribution in [0, 0.1) is 13.8 Å². The third kappa shape index (κ3) is 4.35. The van der Waals surface area contributed by atoms with Crippen molar-refractivity contribution in [2.24, 2.45) is 0 Å². The summed E-state index contributed by atoms with van der Waals surface area (Å²) in [6.45, 7) is 6.07. The van der Waals surface area contributed by atoms with E-state index >= 15 is 0 Å². The number of carbonyl (C=O) groups excluding carboxylic acids is 2. The molecule has 0 aliphatic carbocycles. The molecule has 32 heavy (non-hydrogen) atoms. The van der Waals surface area contributed by atoms with Gasteiger partial charge in [0.1, 0.15) is 6.10 Å². The molecule has 170 valence electrons. The lowest BCUT2D eigenvalue weighted by atomic mass is 10.1. The van der Waals surface area contributed by atoms with Crippen molar-refractivity contribution in [2.45, 2.75) is 51.0 Å². The van der Waals surface area contributed by atoms with Crippen LogP contribution in [0.1, 0.15) is 36.5 Å². The van der Waals surface area contributed by atoms with Crippen molar-refractivity contribution in [3.63, 3.8) is 0 Å². The molecule has 4 rings (SSSR count). The fraction of sp³-hybridized carbons (Fsp3) is 0.391. The number of hydrogen-bond donors (Lipinski definition) is 2. The maximum absolute atomic E-state index is 13.1. The van der Waals surface area contributed by atoms with E-state index in [1.807, 2.05) is 6.07 Å². The van der Waals surface area contributed by atoms with E-state index in [9.17, 15) is 18.0 Å². The molecule has 0 radical (unpaired) electrons. The third-order valence-electron chi connectivity index (χ3n) is 5.82. The lowest BCUT2D eigenvalue weighted by molar-refractivity contribution is -0.127. The smallest absolute Gasteiger partial charge is 0.261 e. The van der Waals surface area contributed by atoms with Crippen molar-refractivity contribution >= 4 is 38.9 Å². The summed E-state index contributed by atoms with van der Waals surface area (Å²) in [6.07, 6.45) is 1.89. The fourth-order valence-corrected chi connectivity index (χ4v) is 5.50. The minimum atomic E-state index is -3.87.